The van der Waals surface area contributed by atoms with Gasteiger partial charge < -0.3 is 9.84 Å². The molecule has 0 aromatic heterocycles. The van der Waals surface area contributed by atoms with Crippen molar-refractivity contribution in [2.24, 2.45) is 0 Å². The molecular weight excluding hydrogens is 382 g/mol. The molecule has 27 heavy (non-hydrogen) atoms. The minimum absolute atomic E-state index is 0.150. The number of carbonyl (C=O) groups excluding carboxylic acids is 1. The van der Waals surface area contributed by atoms with Crippen LogP contribution in [0.25, 0.3) is 6.08 Å². The van der Waals surface area contributed by atoms with E-state index >= 15 is 0 Å². The van der Waals surface area contributed by atoms with E-state index in [1.807, 2.05) is 31.2 Å². The van der Waals surface area contributed by atoms with E-state index in [4.69, 9.17) is 17.0 Å². The molecule has 1 heterocycles. The van der Waals surface area contributed by atoms with E-state index in [2.05, 4.69) is 0 Å². The maximum atomic E-state index is 12.8. The molecule has 1 N–H and O–H groups in total. The van der Waals surface area contributed by atoms with Gasteiger partial charge in [-0.25, -0.2) is 4.79 Å². The Morgan fingerprint density at radius 3 is 2.59 bits per heavy atom. The number of thioether (sulfide) groups is 1. The third-order valence-electron chi connectivity index (χ3n) is 3.99. The van der Waals surface area contributed by atoms with E-state index in [1.54, 1.807) is 25.1 Å². The summed E-state index contributed by atoms with van der Waals surface area (Å²) in [5, 5.41) is 9.31. The van der Waals surface area contributed by atoms with Crippen molar-refractivity contribution >= 4 is 51.9 Å². The number of aromatic carboxylic acids is 1. The molecule has 1 aliphatic rings. The molecule has 0 aliphatic carbocycles. The molecule has 1 saturated heterocycles. The fourth-order valence-corrected chi connectivity index (χ4v) is 3.95. The Hall–Kier alpha value is -2.64. The Bertz CT molecular complexity index is 951. The zero-order chi connectivity index (χ0) is 19.6. The summed E-state index contributed by atoms with van der Waals surface area (Å²) in [5.74, 6) is -0.535. The second kappa shape index (κ2) is 7.94. The SMILES string of the molecule is CCOc1ccc(C=C2SC(=S)N(c3ccc(C)c(C(=O)O)c3)C2=O)cc1. The highest BCUT2D eigenvalue weighted by Crippen LogP contribution is 2.36. The predicted octanol–water partition coefficient (Wildman–Crippen LogP) is 4.50. The quantitative estimate of drug-likeness (QED) is 0.590. The van der Waals surface area contributed by atoms with Gasteiger partial charge in [-0.3, -0.25) is 9.69 Å². The molecule has 0 saturated carbocycles. The first kappa shape index (κ1) is 19.1. The topological polar surface area (TPSA) is 66.8 Å². The summed E-state index contributed by atoms with van der Waals surface area (Å²) in [7, 11) is 0. The van der Waals surface area contributed by atoms with Crippen LogP contribution in [0.2, 0.25) is 0 Å². The van der Waals surface area contributed by atoms with Crippen molar-refractivity contribution in [3.8, 4) is 5.75 Å². The lowest BCUT2D eigenvalue weighted by molar-refractivity contribution is -0.113. The number of carboxylic acids is 1. The number of carbonyl (C=O) groups is 2. The maximum Gasteiger partial charge on any atom is 0.336 e. The smallest absolute Gasteiger partial charge is 0.336 e. The summed E-state index contributed by atoms with van der Waals surface area (Å²) in [6.07, 6.45) is 1.77. The molecule has 0 bridgehead atoms. The van der Waals surface area contributed by atoms with Crippen LogP contribution >= 0.6 is 24.0 Å². The summed E-state index contributed by atoms with van der Waals surface area (Å²) in [4.78, 5) is 26.1. The van der Waals surface area contributed by atoms with Crippen LogP contribution in [0, 0.1) is 6.92 Å². The first-order valence-electron chi connectivity index (χ1n) is 8.25. The molecule has 138 valence electrons. The van der Waals surface area contributed by atoms with Crippen molar-refractivity contribution in [1.82, 2.24) is 0 Å². The van der Waals surface area contributed by atoms with E-state index < -0.39 is 5.97 Å². The van der Waals surface area contributed by atoms with Crippen LogP contribution in [0.15, 0.2) is 47.4 Å². The number of thiocarbonyl (C=S) groups is 1. The standard InChI is InChI=1S/C20H17NO4S2/c1-3-25-15-8-5-13(6-9-15)10-17-18(22)21(20(26)27-17)14-7-4-12(2)16(11-14)19(23)24/h4-11H,3H2,1-2H3,(H,23,24). The summed E-state index contributed by atoms with van der Waals surface area (Å²) >= 11 is 6.54. The second-order valence-corrected chi connectivity index (χ2v) is 7.50. The van der Waals surface area contributed by atoms with Crippen molar-refractivity contribution < 1.29 is 19.4 Å². The third-order valence-corrected chi connectivity index (χ3v) is 5.29. The Balaban J connectivity index is 1.89. The van der Waals surface area contributed by atoms with E-state index in [9.17, 15) is 14.7 Å². The predicted molar refractivity (Wildman–Crippen MR) is 111 cm³/mol. The average Bonchev–Trinajstić information content (AvgIpc) is 2.91. The minimum Gasteiger partial charge on any atom is -0.494 e. The second-order valence-electron chi connectivity index (χ2n) is 5.82. The summed E-state index contributed by atoms with van der Waals surface area (Å²) in [5.41, 5.74) is 2.09. The highest BCUT2D eigenvalue weighted by Gasteiger charge is 2.33. The molecule has 0 radical (unpaired) electrons. The van der Waals surface area contributed by atoms with E-state index in [0.717, 1.165) is 11.3 Å². The fraction of sp³-hybridized carbons (Fsp3) is 0.150. The lowest BCUT2D eigenvalue weighted by Gasteiger charge is -2.15. The van der Waals surface area contributed by atoms with Gasteiger partial charge in [0.15, 0.2) is 4.32 Å². The van der Waals surface area contributed by atoms with Crippen LogP contribution in [-0.4, -0.2) is 27.9 Å². The molecule has 1 fully saturated rings. The van der Waals surface area contributed by atoms with E-state index in [0.29, 0.717) is 27.1 Å². The Kier molecular flexibility index (Phi) is 5.62. The Labute approximate surface area is 166 Å². The molecule has 3 rings (SSSR count). The number of amides is 1. The number of hydrogen-bond acceptors (Lipinski definition) is 5. The monoisotopic (exact) mass is 399 g/mol. The average molecular weight is 399 g/mol. The van der Waals surface area contributed by atoms with Crippen molar-refractivity contribution in [3.05, 3.63) is 64.1 Å². The molecule has 2 aromatic carbocycles. The number of carboxylic acid groups (broad SMARTS) is 1. The largest absolute Gasteiger partial charge is 0.494 e. The van der Waals surface area contributed by atoms with Crippen LogP contribution in [0.3, 0.4) is 0 Å². The first-order valence-corrected chi connectivity index (χ1v) is 9.48. The van der Waals surface area contributed by atoms with Gasteiger partial charge in [-0.15, -0.1) is 0 Å². The van der Waals surface area contributed by atoms with Gasteiger partial charge in [0, 0.05) is 0 Å². The summed E-state index contributed by atoms with van der Waals surface area (Å²) in [6, 6.07) is 12.3. The van der Waals surface area contributed by atoms with Crippen molar-refractivity contribution in [1.29, 1.82) is 0 Å². The van der Waals surface area contributed by atoms with Gasteiger partial charge in [0.2, 0.25) is 0 Å². The highest BCUT2D eigenvalue weighted by molar-refractivity contribution is 8.27. The number of ether oxygens (including phenoxy) is 1. The van der Waals surface area contributed by atoms with Crippen molar-refractivity contribution in [2.75, 3.05) is 11.5 Å². The molecule has 0 unspecified atom stereocenters. The van der Waals surface area contributed by atoms with Gasteiger partial charge in [-0.05, 0) is 55.3 Å². The molecule has 7 heteroatoms. The lowest BCUT2D eigenvalue weighted by atomic mass is 10.1. The number of nitrogens with zero attached hydrogens (tertiary/aromatic N) is 1. The highest BCUT2D eigenvalue weighted by atomic mass is 32.2. The molecular formula is C20H17NO4S2. The Morgan fingerprint density at radius 2 is 1.96 bits per heavy atom. The van der Waals surface area contributed by atoms with Gasteiger partial charge >= 0.3 is 5.97 Å². The molecule has 1 amide bonds. The lowest BCUT2D eigenvalue weighted by Crippen LogP contribution is -2.27. The maximum absolute atomic E-state index is 12.8. The molecule has 0 spiro atoms. The number of anilines is 1. The van der Waals surface area contributed by atoms with E-state index in [1.165, 1.54) is 22.7 Å². The summed E-state index contributed by atoms with van der Waals surface area (Å²) < 4.78 is 5.79. The Morgan fingerprint density at radius 1 is 1.26 bits per heavy atom. The van der Waals surface area contributed by atoms with Crippen LogP contribution in [0.1, 0.15) is 28.4 Å². The zero-order valence-electron chi connectivity index (χ0n) is 14.8. The van der Waals surface area contributed by atoms with Crippen LogP contribution in [0.4, 0.5) is 5.69 Å². The number of rotatable bonds is 5. The number of hydrogen-bond donors (Lipinski definition) is 1. The number of aryl methyl sites for hydroxylation is 1. The van der Waals surface area contributed by atoms with Crippen LogP contribution in [0.5, 0.6) is 5.75 Å². The van der Waals surface area contributed by atoms with Gasteiger partial charge in [-0.2, -0.15) is 0 Å². The van der Waals surface area contributed by atoms with E-state index in [-0.39, 0.29) is 11.5 Å². The van der Waals surface area contributed by atoms with Gasteiger partial charge in [0.05, 0.1) is 22.8 Å². The van der Waals surface area contributed by atoms with Crippen LogP contribution < -0.4 is 9.64 Å². The van der Waals surface area contributed by atoms with Crippen molar-refractivity contribution in [3.63, 3.8) is 0 Å². The molecule has 2 aromatic rings. The number of benzene rings is 2. The molecule has 1 aliphatic heterocycles. The first-order chi connectivity index (χ1) is 12.9. The van der Waals surface area contributed by atoms with Crippen molar-refractivity contribution in [2.45, 2.75) is 13.8 Å². The fourth-order valence-electron chi connectivity index (χ4n) is 2.65. The van der Waals surface area contributed by atoms with Gasteiger partial charge in [0.25, 0.3) is 5.91 Å². The third kappa shape index (κ3) is 4.04. The normalized spacial score (nSPS) is 15.5. The van der Waals surface area contributed by atoms with Crippen LogP contribution in [-0.2, 0) is 4.79 Å². The molecule has 5 nitrogen and oxygen atoms in total. The zero-order valence-corrected chi connectivity index (χ0v) is 16.4. The summed E-state index contributed by atoms with van der Waals surface area (Å²) in [6.45, 7) is 4.22. The molecule has 0 atom stereocenters. The van der Waals surface area contributed by atoms with Gasteiger partial charge in [-0.1, -0.05) is 42.2 Å². The van der Waals surface area contributed by atoms with Gasteiger partial charge in [0.1, 0.15) is 5.75 Å². The minimum atomic E-state index is -1.04.